The maximum Gasteiger partial charge on any atom is 0.0424 e. The molecule has 0 radical (unpaired) electrons. The highest BCUT2D eigenvalue weighted by molar-refractivity contribution is 7.10. The van der Waals surface area contributed by atoms with E-state index in [1.807, 2.05) is 7.05 Å². The summed E-state index contributed by atoms with van der Waals surface area (Å²) >= 11 is 1.78. The summed E-state index contributed by atoms with van der Waals surface area (Å²) in [6, 6.07) is 4.66. The van der Waals surface area contributed by atoms with Gasteiger partial charge in [0.15, 0.2) is 0 Å². The van der Waals surface area contributed by atoms with Crippen molar-refractivity contribution in [2.75, 3.05) is 13.6 Å². The Labute approximate surface area is 71.4 Å². The van der Waals surface area contributed by atoms with Crippen LogP contribution in [0, 0.1) is 0 Å². The summed E-state index contributed by atoms with van der Waals surface area (Å²) in [5, 5.41) is 5.33. The van der Waals surface area contributed by atoms with Gasteiger partial charge in [0.05, 0.1) is 0 Å². The summed E-state index contributed by atoms with van der Waals surface area (Å²) in [6.45, 7) is 0.739. The van der Waals surface area contributed by atoms with Crippen LogP contribution in [0.3, 0.4) is 0 Å². The topological polar surface area (TPSA) is 38.0 Å². The third-order valence-corrected chi connectivity index (χ3v) is 2.68. The lowest BCUT2D eigenvalue weighted by Gasteiger charge is -2.12. The first kappa shape index (κ1) is 8.71. The van der Waals surface area contributed by atoms with Crippen LogP contribution in [0.5, 0.6) is 0 Å². The molecule has 0 aromatic carbocycles. The molecule has 0 spiro atoms. The molecular weight excluding hydrogens is 156 g/mol. The lowest BCUT2D eigenvalue weighted by Crippen LogP contribution is -2.18. The van der Waals surface area contributed by atoms with E-state index in [4.69, 9.17) is 5.73 Å². The van der Waals surface area contributed by atoms with Gasteiger partial charge in [-0.3, -0.25) is 0 Å². The second-order valence-corrected chi connectivity index (χ2v) is 3.41. The molecule has 0 fully saturated rings. The van der Waals surface area contributed by atoms with Gasteiger partial charge in [-0.2, -0.15) is 0 Å². The highest BCUT2D eigenvalue weighted by Gasteiger charge is 2.07. The predicted octanol–water partition coefficient (Wildman–Crippen LogP) is 1.36. The van der Waals surface area contributed by atoms with E-state index in [0.29, 0.717) is 6.04 Å². The lowest BCUT2D eigenvalue weighted by atomic mass is 10.2. The van der Waals surface area contributed by atoms with Crippen molar-refractivity contribution in [2.24, 2.45) is 5.73 Å². The molecule has 1 rings (SSSR count). The van der Waals surface area contributed by atoms with Crippen molar-refractivity contribution in [3.63, 3.8) is 0 Å². The largest absolute Gasteiger partial charge is 0.330 e. The van der Waals surface area contributed by atoms with Crippen molar-refractivity contribution in [3.8, 4) is 0 Å². The first-order chi connectivity index (χ1) is 5.38. The van der Waals surface area contributed by atoms with Gasteiger partial charge in [0.25, 0.3) is 0 Å². The number of nitrogens with one attached hydrogen (secondary N) is 1. The Balaban J connectivity index is 2.56. The molecule has 11 heavy (non-hydrogen) atoms. The van der Waals surface area contributed by atoms with Crippen molar-refractivity contribution in [3.05, 3.63) is 22.4 Å². The number of hydrogen-bond acceptors (Lipinski definition) is 3. The molecule has 0 aliphatic rings. The van der Waals surface area contributed by atoms with Crippen molar-refractivity contribution < 1.29 is 0 Å². The first-order valence-corrected chi connectivity index (χ1v) is 4.67. The third kappa shape index (κ3) is 2.29. The van der Waals surface area contributed by atoms with Crippen molar-refractivity contribution in [2.45, 2.75) is 12.5 Å². The predicted molar refractivity (Wildman–Crippen MR) is 49.8 cm³/mol. The average molecular weight is 170 g/mol. The summed E-state index contributed by atoms with van der Waals surface area (Å²) in [7, 11) is 1.97. The van der Waals surface area contributed by atoms with E-state index in [-0.39, 0.29) is 0 Å². The van der Waals surface area contributed by atoms with Gasteiger partial charge in [0.2, 0.25) is 0 Å². The maximum atomic E-state index is 5.48. The highest BCUT2D eigenvalue weighted by Crippen LogP contribution is 2.20. The zero-order valence-electron chi connectivity index (χ0n) is 6.71. The molecule has 0 aliphatic heterocycles. The molecule has 3 N–H and O–H groups in total. The summed E-state index contributed by atoms with van der Waals surface area (Å²) in [4.78, 5) is 1.37. The average Bonchev–Trinajstić information content (AvgIpc) is 2.52. The number of nitrogens with two attached hydrogens (primary N) is 1. The normalized spacial score (nSPS) is 13.3. The zero-order chi connectivity index (χ0) is 8.10. The summed E-state index contributed by atoms with van der Waals surface area (Å²) < 4.78 is 0. The van der Waals surface area contributed by atoms with Crippen LogP contribution < -0.4 is 11.1 Å². The molecule has 1 unspecified atom stereocenters. The molecule has 0 saturated heterocycles. The fourth-order valence-corrected chi connectivity index (χ4v) is 1.96. The molecule has 0 amide bonds. The second kappa shape index (κ2) is 4.49. The molecule has 1 atom stereocenters. The zero-order valence-corrected chi connectivity index (χ0v) is 7.53. The van der Waals surface area contributed by atoms with Crippen LogP contribution in [-0.2, 0) is 0 Å². The van der Waals surface area contributed by atoms with Gasteiger partial charge in [-0.05, 0) is 31.5 Å². The van der Waals surface area contributed by atoms with E-state index in [2.05, 4.69) is 22.8 Å². The molecule has 0 saturated carbocycles. The molecule has 0 aliphatic carbocycles. The van der Waals surface area contributed by atoms with Gasteiger partial charge in [0, 0.05) is 10.9 Å². The monoisotopic (exact) mass is 170 g/mol. The van der Waals surface area contributed by atoms with Gasteiger partial charge < -0.3 is 11.1 Å². The van der Waals surface area contributed by atoms with Crippen LogP contribution >= 0.6 is 11.3 Å². The van der Waals surface area contributed by atoms with E-state index in [1.165, 1.54) is 4.88 Å². The van der Waals surface area contributed by atoms with E-state index < -0.39 is 0 Å². The Kier molecular flexibility index (Phi) is 3.56. The molecule has 2 nitrogen and oxygen atoms in total. The molecule has 62 valence electrons. The number of hydrogen-bond donors (Lipinski definition) is 2. The molecule has 1 aromatic heterocycles. The maximum absolute atomic E-state index is 5.48. The van der Waals surface area contributed by atoms with Crippen LogP contribution in [0.1, 0.15) is 17.3 Å². The Morgan fingerprint density at radius 3 is 3.00 bits per heavy atom. The molecule has 1 aromatic rings. The summed E-state index contributed by atoms with van der Waals surface area (Å²) in [5.74, 6) is 0. The fourth-order valence-electron chi connectivity index (χ4n) is 1.09. The first-order valence-electron chi connectivity index (χ1n) is 3.79. The quantitative estimate of drug-likeness (QED) is 0.716. The van der Waals surface area contributed by atoms with E-state index >= 15 is 0 Å². The Morgan fingerprint density at radius 2 is 2.55 bits per heavy atom. The number of thiophene rings is 1. The van der Waals surface area contributed by atoms with Crippen molar-refractivity contribution in [1.82, 2.24) is 5.32 Å². The van der Waals surface area contributed by atoms with Crippen LogP contribution in [0.2, 0.25) is 0 Å². The molecule has 0 bridgehead atoms. The van der Waals surface area contributed by atoms with E-state index in [0.717, 1.165) is 13.0 Å². The Hall–Kier alpha value is -0.380. The summed E-state index contributed by atoms with van der Waals surface area (Å²) in [5.41, 5.74) is 5.48. The molecule has 1 heterocycles. The molecule has 3 heteroatoms. The van der Waals surface area contributed by atoms with Crippen molar-refractivity contribution >= 4 is 11.3 Å². The van der Waals surface area contributed by atoms with Gasteiger partial charge in [-0.15, -0.1) is 11.3 Å². The van der Waals surface area contributed by atoms with Crippen LogP contribution in [0.4, 0.5) is 0 Å². The van der Waals surface area contributed by atoms with Gasteiger partial charge in [0.1, 0.15) is 0 Å². The Bertz CT molecular complexity index is 184. The smallest absolute Gasteiger partial charge is 0.0424 e. The van der Waals surface area contributed by atoms with E-state index in [9.17, 15) is 0 Å². The standard InChI is InChI=1S/C8H14N2S/c1-10-7(4-5-9)8-3-2-6-11-8/h2-3,6-7,10H,4-5,9H2,1H3. The fraction of sp³-hybridized carbons (Fsp3) is 0.500. The van der Waals surface area contributed by atoms with Crippen molar-refractivity contribution in [1.29, 1.82) is 0 Å². The van der Waals surface area contributed by atoms with Crippen LogP contribution in [0.15, 0.2) is 17.5 Å². The van der Waals surface area contributed by atoms with Gasteiger partial charge in [-0.25, -0.2) is 0 Å². The Morgan fingerprint density at radius 1 is 1.73 bits per heavy atom. The van der Waals surface area contributed by atoms with E-state index in [1.54, 1.807) is 11.3 Å². The molecular formula is C8H14N2S. The minimum Gasteiger partial charge on any atom is -0.330 e. The SMILES string of the molecule is CNC(CCN)c1cccs1. The second-order valence-electron chi connectivity index (χ2n) is 2.43. The lowest BCUT2D eigenvalue weighted by molar-refractivity contribution is 0.565. The minimum absolute atomic E-state index is 0.444. The highest BCUT2D eigenvalue weighted by atomic mass is 32.1. The number of rotatable bonds is 4. The third-order valence-electron chi connectivity index (χ3n) is 1.69. The van der Waals surface area contributed by atoms with Crippen LogP contribution in [0.25, 0.3) is 0 Å². The van der Waals surface area contributed by atoms with Crippen LogP contribution in [-0.4, -0.2) is 13.6 Å². The summed E-state index contributed by atoms with van der Waals surface area (Å²) in [6.07, 6.45) is 1.01. The minimum atomic E-state index is 0.444. The van der Waals surface area contributed by atoms with Gasteiger partial charge in [-0.1, -0.05) is 6.07 Å². The van der Waals surface area contributed by atoms with Gasteiger partial charge >= 0.3 is 0 Å².